The third kappa shape index (κ3) is 6.12. The summed E-state index contributed by atoms with van der Waals surface area (Å²) in [4.78, 5) is 11.0. The van der Waals surface area contributed by atoms with E-state index < -0.39 is 11.9 Å². The maximum absolute atomic E-state index is 11.0. The minimum atomic E-state index is -2.02. The molecule has 0 bridgehead atoms. The molecule has 0 atom stereocenters. The molecule has 0 aliphatic heterocycles. The fraction of sp³-hybridized carbons (Fsp3) is 0.625. The lowest BCUT2D eigenvalue weighted by Gasteiger charge is -2.15. The molecular formula is C8H15NO4. The number of hydrogen-bond donors (Lipinski definition) is 3. The monoisotopic (exact) mass is 189 g/mol. The number of esters is 1. The van der Waals surface area contributed by atoms with Crippen molar-refractivity contribution >= 4 is 5.97 Å². The normalized spacial score (nSPS) is 12.5. The smallest absolute Gasteiger partial charge is 0.335 e. The predicted molar refractivity (Wildman–Crippen MR) is 46.4 cm³/mol. The maximum atomic E-state index is 11.0. The minimum absolute atomic E-state index is 0.274. The Bertz CT molecular complexity index is 205. The van der Waals surface area contributed by atoms with Crippen LogP contribution in [0.3, 0.4) is 0 Å². The molecule has 0 fully saturated rings. The highest BCUT2D eigenvalue weighted by molar-refractivity contribution is 5.87. The largest absolute Gasteiger partial charge is 0.463 e. The minimum Gasteiger partial charge on any atom is -0.463 e. The van der Waals surface area contributed by atoms with Crippen LogP contribution < -0.4 is 5.32 Å². The summed E-state index contributed by atoms with van der Waals surface area (Å²) in [6, 6.07) is 0. The molecule has 0 aliphatic rings. The summed E-state index contributed by atoms with van der Waals surface area (Å²) in [5.41, 5.74) is 0.274. The van der Waals surface area contributed by atoms with Crippen LogP contribution in [0, 0.1) is 0 Å². The Kier molecular flexibility index (Phi) is 4.44. The molecule has 0 unspecified atom stereocenters. The Hall–Kier alpha value is -1.07. The topological polar surface area (TPSA) is 78.8 Å². The fourth-order valence-corrected chi connectivity index (χ4v) is 0.549. The molecule has 0 saturated heterocycles. The van der Waals surface area contributed by atoms with Gasteiger partial charge in [0.2, 0.25) is 5.91 Å². The number of rotatable bonds is 4. The Morgan fingerprint density at radius 2 is 2.15 bits per heavy atom. The molecule has 0 aromatic heterocycles. The second-order valence-electron chi connectivity index (χ2n) is 2.71. The lowest BCUT2D eigenvalue weighted by molar-refractivity contribution is -0.160. The first-order chi connectivity index (χ1) is 5.87. The summed E-state index contributed by atoms with van der Waals surface area (Å²) >= 11 is 0. The highest BCUT2D eigenvalue weighted by Crippen LogP contribution is 1.97. The van der Waals surface area contributed by atoms with Crippen LogP contribution in [0.2, 0.25) is 0 Å². The van der Waals surface area contributed by atoms with Crippen molar-refractivity contribution in [3.05, 3.63) is 11.8 Å². The Balaban J connectivity index is 4.09. The van der Waals surface area contributed by atoms with Crippen LogP contribution in [0.1, 0.15) is 20.8 Å². The van der Waals surface area contributed by atoms with E-state index in [0.717, 1.165) is 6.92 Å². The molecule has 0 heterocycles. The van der Waals surface area contributed by atoms with Crippen molar-refractivity contribution in [1.29, 1.82) is 0 Å². The zero-order valence-corrected chi connectivity index (χ0v) is 8.00. The van der Waals surface area contributed by atoms with Gasteiger partial charge in [0, 0.05) is 18.7 Å². The summed E-state index contributed by atoms with van der Waals surface area (Å²) in [6.45, 7) is 4.64. The van der Waals surface area contributed by atoms with Crippen molar-refractivity contribution in [2.75, 3.05) is 6.61 Å². The van der Waals surface area contributed by atoms with Crippen molar-refractivity contribution in [2.45, 2.75) is 26.7 Å². The molecule has 3 N–H and O–H groups in total. The van der Waals surface area contributed by atoms with Crippen LogP contribution in [0.15, 0.2) is 11.8 Å². The van der Waals surface area contributed by atoms with E-state index in [0.29, 0.717) is 6.61 Å². The Labute approximate surface area is 77.0 Å². The first kappa shape index (κ1) is 11.9. The van der Waals surface area contributed by atoms with Crippen molar-refractivity contribution in [3.8, 4) is 0 Å². The lowest BCUT2D eigenvalue weighted by Crippen LogP contribution is -2.38. The maximum Gasteiger partial charge on any atom is 0.335 e. The summed E-state index contributed by atoms with van der Waals surface area (Å²) < 4.78 is 4.66. The third-order valence-electron chi connectivity index (χ3n) is 1.16. The zero-order chi connectivity index (χ0) is 10.5. The van der Waals surface area contributed by atoms with E-state index in [2.05, 4.69) is 10.1 Å². The lowest BCUT2D eigenvalue weighted by atomic mass is 10.3. The van der Waals surface area contributed by atoms with Gasteiger partial charge in [-0.3, -0.25) is 0 Å². The van der Waals surface area contributed by atoms with E-state index >= 15 is 0 Å². The fourth-order valence-electron chi connectivity index (χ4n) is 0.549. The molecule has 0 radical (unpaired) electrons. The number of ether oxygens (including phenoxy) is 1. The second kappa shape index (κ2) is 4.84. The van der Waals surface area contributed by atoms with E-state index in [1.54, 1.807) is 6.92 Å². The third-order valence-corrected chi connectivity index (χ3v) is 1.16. The number of nitrogens with one attached hydrogen (secondary N) is 1. The molecule has 0 aliphatic carbocycles. The van der Waals surface area contributed by atoms with Crippen LogP contribution in [0.4, 0.5) is 0 Å². The highest BCUT2D eigenvalue weighted by Gasteiger charge is 2.12. The molecule has 0 rings (SSSR count). The van der Waals surface area contributed by atoms with Crippen LogP contribution in [-0.2, 0) is 9.53 Å². The molecule has 0 amide bonds. The number of hydrogen-bond acceptors (Lipinski definition) is 5. The average molecular weight is 189 g/mol. The summed E-state index contributed by atoms with van der Waals surface area (Å²) in [6.07, 6.45) is 1.19. The standard InChI is InChI=1S/C8H15NO4/c1-4-13-7(10)6(2)5-9-8(3,11)12/h5,9,11-12H,4H2,1-3H3/b6-5+. The van der Waals surface area contributed by atoms with E-state index in [9.17, 15) is 4.79 Å². The zero-order valence-electron chi connectivity index (χ0n) is 8.00. The van der Waals surface area contributed by atoms with Crippen LogP contribution in [-0.4, -0.2) is 28.7 Å². The first-order valence-corrected chi connectivity index (χ1v) is 3.93. The van der Waals surface area contributed by atoms with Gasteiger partial charge < -0.3 is 20.3 Å². The number of aliphatic hydroxyl groups is 2. The van der Waals surface area contributed by atoms with Gasteiger partial charge in [-0.25, -0.2) is 4.79 Å². The van der Waals surface area contributed by atoms with E-state index in [-0.39, 0.29) is 5.57 Å². The quantitative estimate of drug-likeness (QED) is 0.321. The molecule has 0 spiro atoms. The van der Waals surface area contributed by atoms with Gasteiger partial charge in [0.15, 0.2) is 0 Å². The highest BCUT2D eigenvalue weighted by atomic mass is 16.5. The summed E-state index contributed by atoms with van der Waals surface area (Å²) in [5, 5.41) is 19.9. The van der Waals surface area contributed by atoms with Gasteiger partial charge in [0.25, 0.3) is 0 Å². The summed E-state index contributed by atoms with van der Waals surface area (Å²) in [7, 11) is 0. The van der Waals surface area contributed by atoms with Crippen molar-refractivity contribution < 1.29 is 19.7 Å². The van der Waals surface area contributed by atoms with Gasteiger partial charge in [-0.15, -0.1) is 0 Å². The Morgan fingerprint density at radius 1 is 1.62 bits per heavy atom. The molecule has 0 aromatic carbocycles. The molecule has 76 valence electrons. The van der Waals surface area contributed by atoms with E-state index in [4.69, 9.17) is 10.2 Å². The molecule has 5 nitrogen and oxygen atoms in total. The van der Waals surface area contributed by atoms with Crippen molar-refractivity contribution in [2.24, 2.45) is 0 Å². The number of carbonyl (C=O) groups is 1. The molecular weight excluding hydrogens is 174 g/mol. The summed E-state index contributed by atoms with van der Waals surface area (Å²) in [5.74, 6) is -2.51. The molecule has 0 aromatic rings. The van der Waals surface area contributed by atoms with Gasteiger partial charge in [0.05, 0.1) is 6.61 Å². The van der Waals surface area contributed by atoms with Crippen molar-refractivity contribution in [1.82, 2.24) is 5.32 Å². The van der Waals surface area contributed by atoms with Gasteiger partial charge in [-0.1, -0.05) is 0 Å². The second-order valence-corrected chi connectivity index (χ2v) is 2.71. The number of carbonyl (C=O) groups excluding carboxylic acids is 1. The van der Waals surface area contributed by atoms with Crippen molar-refractivity contribution in [3.63, 3.8) is 0 Å². The van der Waals surface area contributed by atoms with Crippen LogP contribution >= 0.6 is 0 Å². The Morgan fingerprint density at radius 3 is 2.54 bits per heavy atom. The van der Waals surface area contributed by atoms with Gasteiger partial charge >= 0.3 is 5.97 Å². The van der Waals surface area contributed by atoms with Gasteiger partial charge in [-0.05, 0) is 13.8 Å². The van der Waals surface area contributed by atoms with Crippen LogP contribution in [0.25, 0.3) is 0 Å². The van der Waals surface area contributed by atoms with Gasteiger partial charge in [0.1, 0.15) is 0 Å². The van der Waals surface area contributed by atoms with Crippen LogP contribution in [0.5, 0.6) is 0 Å². The van der Waals surface area contributed by atoms with Gasteiger partial charge in [-0.2, -0.15) is 0 Å². The SMILES string of the molecule is CCOC(=O)/C(C)=C/NC(C)(O)O. The molecule has 13 heavy (non-hydrogen) atoms. The predicted octanol–water partition coefficient (Wildman–Crippen LogP) is -0.299. The van der Waals surface area contributed by atoms with E-state index in [1.165, 1.54) is 13.1 Å². The average Bonchev–Trinajstić information content (AvgIpc) is 1.99. The first-order valence-electron chi connectivity index (χ1n) is 3.93. The van der Waals surface area contributed by atoms with E-state index in [1.807, 2.05) is 0 Å². The molecule has 5 heteroatoms. The molecule has 0 saturated carbocycles.